The first-order valence-electron chi connectivity index (χ1n) is 3.28. The smallest absolute Gasteiger partial charge is 0.142 e. The molecule has 1 rings (SSSR count). The molecule has 3 N–H and O–H groups in total. The van der Waals surface area contributed by atoms with Crippen LogP contribution in [-0.2, 0) is 0 Å². The molecule has 0 saturated carbocycles. The van der Waals surface area contributed by atoms with Crippen LogP contribution in [0.2, 0.25) is 0 Å². The van der Waals surface area contributed by atoms with Gasteiger partial charge in [0.05, 0.1) is 12.8 Å². The van der Waals surface area contributed by atoms with E-state index in [9.17, 15) is 5.11 Å². The van der Waals surface area contributed by atoms with Crippen LogP contribution in [0.3, 0.4) is 0 Å². The predicted molar refractivity (Wildman–Crippen MR) is 43.8 cm³/mol. The first kappa shape index (κ1) is 7.72. The Morgan fingerprint density at radius 1 is 1.45 bits per heavy atom. The van der Waals surface area contributed by atoms with Crippen LogP contribution in [0.5, 0.6) is 11.5 Å². The van der Waals surface area contributed by atoms with Crippen LogP contribution < -0.4 is 10.5 Å². The van der Waals surface area contributed by atoms with Crippen LogP contribution in [0.1, 0.15) is 5.56 Å². The van der Waals surface area contributed by atoms with E-state index in [1.165, 1.54) is 6.07 Å². The predicted octanol–water partition coefficient (Wildman–Crippen LogP) is 1.29. The molecule has 0 heterocycles. The summed E-state index contributed by atoms with van der Waals surface area (Å²) in [4.78, 5) is 0. The average molecular weight is 153 g/mol. The first-order valence-corrected chi connectivity index (χ1v) is 3.28. The van der Waals surface area contributed by atoms with Gasteiger partial charge in [-0.05, 0) is 18.6 Å². The third-order valence-corrected chi connectivity index (χ3v) is 1.57. The largest absolute Gasteiger partial charge is 0.506 e. The van der Waals surface area contributed by atoms with E-state index < -0.39 is 0 Å². The molecule has 3 nitrogen and oxygen atoms in total. The number of hydrogen-bond donors (Lipinski definition) is 2. The van der Waals surface area contributed by atoms with Gasteiger partial charge in [-0.3, -0.25) is 0 Å². The van der Waals surface area contributed by atoms with Crippen molar-refractivity contribution in [1.29, 1.82) is 0 Å². The van der Waals surface area contributed by atoms with E-state index in [1.807, 2.05) is 6.92 Å². The van der Waals surface area contributed by atoms with Crippen molar-refractivity contribution >= 4 is 5.69 Å². The van der Waals surface area contributed by atoms with Crippen LogP contribution in [0.25, 0.3) is 0 Å². The van der Waals surface area contributed by atoms with Gasteiger partial charge in [-0.2, -0.15) is 0 Å². The highest BCUT2D eigenvalue weighted by Crippen LogP contribution is 2.28. The van der Waals surface area contributed by atoms with Gasteiger partial charge in [0.15, 0.2) is 0 Å². The third-order valence-electron chi connectivity index (χ3n) is 1.57. The maximum atomic E-state index is 9.21. The number of hydrogen-bond acceptors (Lipinski definition) is 3. The minimum atomic E-state index is 0.0712. The minimum absolute atomic E-state index is 0.0712. The highest BCUT2D eigenvalue weighted by molar-refractivity contribution is 5.60. The van der Waals surface area contributed by atoms with E-state index in [2.05, 4.69) is 0 Å². The van der Waals surface area contributed by atoms with Crippen molar-refractivity contribution in [2.45, 2.75) is 6.92 Å². The zero-order valence-electron chi connectivity index (χ0n) is 6.59. The van der Waals surface area contributed by atoms with Gasteiger partial charge in [-0.15, -0.1) is 0 Å². The van der Waals surface area contributed by atoms with Crippen LogP contribution >= 0.6 is 0 Å². The molecule has 0 radical (unpaired) electrons. The van der Waals surface area contributed by atoms with Crippen LogP contribution in [0.15, 0.2) is 12.1 Å². The van der Waals surface area contributed by atoms with Gasteiger partial charge < -0.3 is 15.6 Å². The van der Waals surface area contributed by atoms with Gasteiger partial charge in [-0.1, -0.05) is 0 Å². The van der Waals surface area contributed by atoms with E-state index in [-0.39, 0.29) is 5.75 Å². The quantitative estimate of drug-likeness (QED) is 0.472. The van der Waals surface area contributed by atoms with E-state index in [1.54, 1.807) is 13.2 Å². The van der Waals surface area contributed by atoms with Crippen molar-refractivity contribution in [3.05, 3.63) is 17.7 Å². The zero-order valence-corrected chi connectivity index (χ0v) is 6.59. The number of nitrogen functional groups attached to an aromatic ring is 1. The Morgan fingerprint density at radius 3 is 2.55 bits per heavy atom. The summed E-state index contributed by atoms with van der Waals surface area (Å²) in [7, 11) is 1.55. The number of anilines is 1. The number of benzene rings is 1. The maximum Gasteiger partial charge on any atom is 0.142 e. The number of methoxy groups -OCH3 is 1. The Kier molecular flexibility index (Phi) is 1.89. The number of nitrogens with two attached hydrogens (primary N) is 1. The Hall–Kier alpha value is -1.38. The first-order chi connectivity index (χ1) is 5.15. The molecule has 0 aromatic heterocycles. The van der Waals surface area contributed by atoms with Crippen molar-refractivity contribution < 1.29 is 9.84 Å². The lowest BCUT2D eigenvalue weighted by Gasteiger charge is -2.05. The molecule has 1 aromatic rings. The molecular weight excluding hydrogens is 142 g/mol. The van der Waals surface area contributed by atoms with Gasteiger partial charge in [0.1, 0.15) is 11.5 Å². The molecule has 60 valence electrons. The van der Waals surface area contributed by atoms with Crippen LogP contribution in [0, 0.1) is 6.92 Å². The molecule has 0 spiro atoms. The van der Waals surface area contributed by atoms with Crippen LogP contribution in [0.4, 0.5) is 5.69 Å². The molecule has 0 fully saturated rings. The molecule has 0 aliphatic heterocycles. The standard InChI is InChI=1S/C8H11NO2/c1-5-3-6(11-2)4-7(10)8(5)9/h3-4,10H,9H2,1-2H3. The average Bonchev–Trinajstić information content (AvgIpc) is 1.99. The molecule has 11 heavy (non-hydrogen) atoms. The number of aryl methyl sites for hydroxylation is 1. The topological polar surface area (TPSA) is 55.5 Å². The fourth-order valence-electron chi connectivity index (χ4n) is 0.865. The van der Waals surface area contributed by atoms with Gasteiger partial charge in [0, 0.05) is 6.07 Å². The number of rotatable bonds is 1. The fourth-order valence-corrected chi connectivity index (χ4v) is 0.865. The van der Waals surface area contributed by atoms with Crippen molar-refractivity contribution in [1.82, 2.24) is 0 Å². The minimum Gasteiger partial charge on any atom is -0.506 e. The SMILES string of the molecule is COc1cc(C)c(N)c(O)c1. The summed E-state index contributed by atoms with van der Waals surface area (Å²) in [5.74, 6) is 0.691. The molecule has 0 bridgehead atoms. The molecule has 0 amide bonds. The van der Waals surface area contributed by atoms with Crippen LogP contribution in [-0.4, -0.2) is 12.2 Å². The van der Waals surface area contributed by atoms with E-state index in [0.29, 0.717) is 11.4 Å². The lowest BCUT2D eigenvalue weighted by molar-refractivity contribution is 0.407. The monoisotopic (exact) mass is 153 g/mol. The van der Waals surface area contributed by atoms with Crippen molar-refractivity contribution in [3.63, 3.8) is 0 Å². The summed E-state index contributed by atoms with van der Waals surface area (Å²) >= 11 is 0. The molecule has 0 unspecified atom stereocenters. The molecular formula is C8H11NO2. The Labute approximate surface area is 65.4 Å². The Bertz CT molecular complexity index is 248. The number of aromatic hydroxyl groups is 1. The molecule has 3 heteroatoms. The highest BCUT2D eigenvalue weighted by Gasteiger charge is 2.02. The summed E-state index contributed by atoms with van der Waals surface area (Å²) in [5.41, 5.74) is 6.73. The molecule has 1 aromatic carbocycles. The second kappa shape index (κ2) is 2.70. The second-order valence-electron chi connectivity index (χ2n) is 2.38. The summed E-state index contributed by atoms with van der Waals surface area (Å²) in [6.45, 7) is 1.82. The van der Waals surface area contributed by atoms with Gasteiger partial charge in [-0.25, -0.2) is 0 Å². The molecule has 0 aliphatic rings. The maximum absolute atomic E-state index is 9.21. The number of phenols is 1. The lowest BCUT2D eigenvalue weighted by atomic mass is 10.2. The normalized spacial score (nSPS) is 9.64. The Balaban J connectivity index is 3.21. The van der Waals surface area contributed by atoms with E-state index >= 15 is 0 Å². The summed E-state index contributed by atoms with van der Waals surface area (Å²) in [6, 6.07) is 3.26. The molecule has 0 aliphatic carbocycles. The zero-order chi connectivity index (χ0) is 8.43. The van der Waals surface area contributed by atoms with Crippen molar-refractivity contribution in [3.8, 4) is 11.5 Å². The van der Waals surface area contributed by atoms with Gasteiger partial charge in [0.25, 0.3) is 0 Å². The van der Waals surface area contributed by atoms with E-state index in [4.69, 9.17) is 10.5 Å². The van der Waals surface area contributed by atoms with E-state index in [0.717, 1.165) is 5.56 Å². The third kappa shape index (κ3) is 1.37. The Morgan fingerprint density at radius 2 is 2.09 bits per heavy atom. The summed E-state index contributed by atoms with van der Waals surface area (Å²) in [5, 5.41) is 9.21. The summed E-state index contributed by atoms with van der Waals surface area (Å²) in [6.07, 6.45) is 0. The second-order valence-corrected chi connectivity index (χ2v) is 2.38. The van der Waals surface area contributed by atoms with Gasteiger partial charge in [0.2, 0.25) is 0 Å². The fraction of sp³-hybridized carbons (Fsp3) is 0.250. The number of ether oxygens (including phenoxy) is 1. The summed E-state index contributed by atoms with van der Waals surface area (Å²) < 4.78 is 4.92. The number of phenolic OH excluding ortho intramolecular Hbond substituents is 1. The lowest BCUT2D eigenvalue weighted by Crippen LogP contribution is -1.91. The molecule has 0 atom stereocenters. The molecule has 0 saturated heterocycles. The van der Waals surface area contributed by atoms with Gasteiger partial charge >= 0.3 is 0 Å². The van der Waals surface area contributed by atoms with Crippen molar-refractivity contribution in [2.24, 2.45) is 0 Å². The van der Waals surface area contributed by atoms with Crippen molar-refractivity contribution in [2.75, 3.05) is 12.8 Å². The highest BCUT2D eigenvalue weighted by atomic mass is 16.5.